The lowest BCUT2D eigenvalue weighted by molar-refractivity contribution is 0.421. The summed E-state index contributed by atoms with van der Waals surface area (Å²) in [5.74, 6) is 0.764. The highest BCUT2D eigenvalue weighted by atomic mass is 35.5. The minimum absolute atomic E-state index is 0.250. The van der Waals surface area contributed by atoms with Gasteiger partial charge in [-0.1, -0.05) is 12.1 Å². The Kier molecular flexibility index (Phi) is 3.91. The van der Waals surface area contributed by atoms with Crippen LogP contribution in [-0.4, -0.2) is 24.8 Å². The first-order chi connectivity index (χ1) is 8.91. The van der Waals surface area contributed by atoms with Crippen LogP contribution < -0.4 is 0 Å². The zero-order valence-electron chi connectivity index (χ0n) is 10.5. The molecule has 7 heteroatoms. The van der Waals surface area contributed by atoms with Crippen molar-refractivity contribution in [3.05, 3.63) is 30.1 Å². The Labute approximate surface area is 116 Å². The Morgan fingerprint density at radius 2 is 1.95 bits per heavy atom. The van der Waals surface area contributed by atoms with E-state index in [2.05, 4.69) is 10.1 Å². The van der Waals surface area contributed by atoms with Crippen LogP contribution in [0, 0.1) is 0 Å². The molecule has 5 nitrogen and oxygen atoms in total. The topological polar surface area (TPSA) is 73.1 Å². The van der Waals surface area contributed by atoms with Gasteiger partial charge in [-0.3, -0.25) is 0 Å². The quantitative estimate of drug-likeness (QED) is 0.812. The average Bonchev–Trinajstić information content (AvgIpc) is 2.86. The van der Waals surface area contributed by atoms with Gasteiger partial charge >= 0.3 is 0 Å². The molecule has 0 saturated heterocycles. The maximum absolute atomic E-state index is 11.3. The highest BCUT2D eigenvalue weighted by molar-refractivity contribution is 7.90. The molecule has 0 aliphatic carbocycles. The second-order valence-corrected chi connectivity index (χ2v) is 6.67. The van der Waals surface area contributed by atoms with E-state index in [1.807, 2.05) is 6.92 Å². The van der Waals surface area contributed by atoms with Crippen molar-refractivity contribution in [3.8, 4) is 11.5 Å². The van der Waals surface area contributed by atoms with E-state index < -0.39 is 9.84 Å². The molecule has 0 radical (unpaired) electrons. The van der Waals surface area contributed by atoms with Gasteiger partial charge in [-0.05, 0) is 30.7 Å². The van der Waals surface area contributed by atoms with Crippen LogP contribution in [0.25, 0.3) is 11.5 Å². The van der Waals surface area contributed by atoms with Crippen molar-refractivity contribution in [1.82, 2.24) is 10.1 Å². The van der Waals surface area contributed by atoms with Gasteiger partial charge in [0.15, 0.2) is 15.7 Å². The van der Waals surface area contributed by atoms with E-state index in [1.165, 1.54) is 12.1 Å². The van der Waals surface area contributed by atoms with E-state index in [0.29, 0.717) is 23.7 Å². The molecule has 0 aliphatic rings. The van der Waals surface area contributed by atoms with Gasteiger partial charge in [0.05, 0.1) is 10.3 Å². The van der Waals surface area contributed by atoms with Crippen molar-refractivity contribution < 1.29 is 12.9 Å². The molecule has 0 spiro atoms. The summed E-state index contributed by atoms with van der Waals surface area (Å²) < 4.78 is 27.8. The van der Waals surface area contributed by atoms with E-state index >= 15 is 0 Å². The van der Waals surface area contributed by atoms with Crippen LogP contribution in [0.5, 0.6) is 0 Å². The molecule has 19 heavy (non-hydrogen) atoms. The molecule has 1 aromatic carbocycles. The number of alkyl halides is 1. The molecule has 1 unspecified atom stereocenters. The summed E-state index contributed by atoms with van der Waals surface area (Å²) in [6.07, 6.45) is 1.86. The van der Waals surface area contributed by atoms with Crippen LogP contribution in [0.15, 0.2) is 33.7 Å². The molecule has 1 atom stereocenters. The summed E-state index contributed by atoms with van der Waals surface area (Å²) in [5, 5.41) is 3.51. The lowest BCUT2D eigenvalue weighted by Gasteiger charge is -1.99. The summed E-state index contributed by atoms with van der Waals surface area (Å²) in [6.45, 7) is 1.93. The van der Waals surface area contributed by atoms with Gasteiger partial charge in [0, 0.05) is 11.8 Å². The Morgan fingerprint density at radius 3 is 2.47 bits per heavy atom. The van der Waals surface area contributed by atoms with Crippen LogP contribution in [-0.2, 0) is 9.84 Å². The maximum atomic E-state index is 11.3. The predicted octanol–water partition coefficient (Wildman–Crippen LogP) is 2.83. The molecule has 2 rings (SSSR count). The molecule has 0 aliphatic heterocycles. The van der Waals surface area contributed by atoms with Gasteiger partial charge in [-0.25, -0.2) is 8.42 Å². The summed E-state index contributed by atoms with van der Waals surface area (Å²) in [4.78, 5) is 4.43. The van der Waals surface area contributed by atoms with E-state index in [-0.39, 0.29) is 10.3 Å². The summed E-state index contributed by atoms with van der Waals surface area (Å²) in [5.41, 5.74) is 0.658. The van der Waals surface area contributed by atoms with E-state index in [0.717, 1.165) is 6.26 Å². The van der Waals surface area contributed by atoms with Crippen molar-refractivity contribution >= 4 is 21.4 Å². The van der Waals surface area contributed by atoms with Crippen molar-refractivity contribution in [2.45, 2.75) is 23.6 Å². The average molecular weight is 301 g/mol. The fraction of sp³-hybridized carbons (Fsp3) is 0.333. The Bertz CT molecular complexity index is 665. The molecule has 0 amide bonds. The second kappa shape index (κ2) is 5.30. The standard InChI is InChI=1S/C12H13ClN2O3S/c1-3-10(13)11-14-12(18-15-11)8-4-6-9(7-5-8)19(2,16)17/h4-7,10H,3H2,1-2H3. The summed E-state index contributed by atoms with van der Waals surface area (Å²) in [6, 6.07) is 6.27. The smallest absolute Gasteiger partial charge is 0.257 e. The molecule has 1 heterocycles. The predicted molar refractivity (Wildman–Crippen MR) is 71.7 cm³/mol. The van der Waals surface area contributed by atoms with Gasteiger partial charge in [0.1, 0.15) is 0 Å². The van der Waals surface area contributed by atoms with E-state index in [1.54, 1.807) is 12.1 Å². The second-order valence-electron chi connectivity index (χ2n) is 4.13. The molecule has 0 bridgehead atoms. The van der Waals surface area contributed by atoms with Crippen molar-refractivity contribution in [3.63, 3.8) is 0 Å². The fourth-order valence-corrected chi connectivity index (χ4v) is 2.23. The van der Waals surface area contributed by atoms with E-state index in [9.17, 15) is 8.42 Å². The molecule has 2 aromatic rings. The number of rotatable bonds is 4. The molecular weight excluding hydrogens is 288 g/mol. The largest absolute Gasteiger partial charge is 0.334 e. The minimum atomic E-state index is -3.20. The van der Waals surface area contributed by atoms with Gasteiger partial charge in [0.25, 0.3) is 5.89 Å². The monoisotopic (exact) mass is 300 g/mol. The van der Waals surface area contributed by atoms with E-state index in [4.69, 9.17) is 16.1 Å². The fourth-order valence-electron chi connectivity index (χ4n) is 1.51. The normalized spacial score (nSPS) is 13.4. The van der Waals surface area contributed by atoms with Crippen LogP contribution in [0.3, 0.4) is 0 Å². The van der Waals surface area contributed by atoms with Gasteiger partial charge in [-0.15, -0.1) is 11.6 Å². The third kappa shape index (κ3) is 3.13. The third-order valence-electron chi connectivity index (χ3n) is 2.61. The van der Waals surface area contributed by atoms with Crippen LogP contribution >= 0.6 is 11.6 Å². The number of hydrogen-bond donors (Lipinski definition) is 0. The first-order valence-corrected chi connectivity index (χ1v) is 8.02. The molecular formula is C12H13ClN2O3S. The number of nitrogens with zero attached hydrogens (tertiary/aromatic N) is 2. The SMILES string of the molecule is CCC(Cl)c1noc(-c2ccc(S(C)(=O)=O)cc2)n1. The number of halogens is 1. The molecule has 0 saturated carbocycles. The Morgan fingerprint density at radius 1 is 1.32 bits per heavy atom. The van der Waals surface area contributed by atoms with Crippen molar-refractivity contribution in [2.24, 2.45) is 0 Å². The molecule has 0 N–H and O–H groups in total. The zero-order chi connectivity index (χ0) is 14.0. The maximum Gasteiger partial charge on any atom is 0.257 e. The van der Waals surface area contributed by atoms with Gasteiger partial charge < -0.3 is 4.52 Å². The minimum Gasteiger partial charge on any atom is -0.334 e. The lowest BCUT2D eigenvalue weighted by Crippen LogP contribution is -1.96. The van der Waals surface area contributed by atoms with Crippen LogP contribution in [0.1, 0.15) is 24.5 Å². The number of aromatic nitrogens is 2. The number of sulfone groups is 1. The van der Waals surface area contributed by atoms with Crippen LogP contribution in [0.4, 0.5) is 0 Å². The Balaban J connectivity index is 2.30. The highest BCUT2D eigenvalue weighted by Gasteiger charge is 2.15. The number of benzene rings is 1. The molecule has 0 fully saturated rings. The summed E-state index contributed by atoms with van der Waals surface area (Å²) >= 11 is 6.01. The van der Waals surface area contributed by atoms with Crippen LogP contribution in [0.2, 0.25) is 0 Å². The van der Waals surface area contributed by atoms with Gasteiger partial charge in [-0.2, -0.15) is 4.98 Å². The number of hydrogen-bond acceptors (Lipinski definition) is 5. The van der Waals surface area contributed by atoms with Gasteiger partial charge in [0.2, 0.25) is 0 Å². The van der Waals surface area contributed by atoms with Crippen molar-refractivity contribution in [1.29, 1.82) is 0 Å². The molecule has 102 valence electrons. The first kappa shape index (κ1) is 14.0. The zero-order valence-corrected chi connectivity index (χ0v) is 12.1. The Hall–Kier alpha value is -1.40. The first-order valence-electron chi connectivity index (χ1n) is 5.70. The highest BCUT2D eigenvalue weighted by Crippen LogP contribution is 2.25. The lowest BCUT2D eigenvalue weighted by atomic mass is 10.2. The summed E-state index contributed by atoms with van der Waals surface area (Å²) in [7, 11) is -3.20. The van der Waals surface area contributed by atoms with Crippen molar-refractivity contribution in [2.75, 3.05) is 6.26 Å². The molecule has 1 aromatic heterocycles. The third-order valence-corrected chi connectivity index (χ3v) is 4.24.